The van der Waals surface area contributed by atoms with E-state index in [9.17, 15) is 17.2 Å². The maximum atomic E-state index is 14.2. The average Bonchev–Trinajstić information content (AvgIpc) is 2.76. The molecule has 3 rings (SSSR count). The fraction of sp³-hybridized carbons (Fsp3) is 0.250. The Morgan fingerprint density at radius 2 is 1.72 bits per heavy atom. The molecule has 0 bridgehead atoms. The van der Waals surface area contributed by atoms with Gasteiger partial charge in [-0.15, -0.1) is 12.4 Å². The van der Waals surface area contributed by atoms with Crippen LogP contribution in [0.15, 0.2) is 42.5 Å². The van der Waals surface area contributed by atoms with Gasteiger partial charge in [0.05, 0.1) is 17.1 Å². The molecule has 1 aliphatic rings. The van der Waals surface area contributed by atoms with Crippen LogP contribution in [-0.4, -0.2) is 28.6 Å². The third kappa shape index (κ3) is 3.42. The first-order chi connectivity index (χ1) is 11.5. The molecule has 0 radical (unpaired) electrons. The fourth-order valence-corrected chi connectivity index (χ4v) is 4.49. The highest BCUT2D eigenvalue weighted by Gasteiger charge is 2.41. The van der Waals surface area contributed by atoms with Crippen molar-refractivity contribution in [3.05, 3.63) is 54.1 Å². The Bertz CT molecular complexity index is 864. The molecule has 1 N–H and O–H groups in total. The molecule has 5 nitrogen and oxygen atoms in total. The van der Waals surface area contributed by atoms with E-state index in [1.165, 1.54) is 4.31 Å². The number of hydrogen-bond acceptors (Lipinski definition) is 3. The molecule has 0 fully saturated rings. The van der Waals surface area contributed by atoms with E-state index in [2.05, 4.69) is 5.32 Å². The lowest BCUT2D eigenvalue weighted by Gasteiger charge is -2.22. The third-order valence-corrected chi connectivity index (χ3v) is 5.59. The van der Waals surface area contributed by atoms with E-state index >= 15 is 0 Å². The van der Waals surface area contributed by atoms with Crippen LogP contribution < -0.4 is 13.9 Å². The van der Waals surface area contributed by atoms with Crippen LogP contribution in [0.25, 0.3) is 0 Å². The predicted molar refractivity (Wildman–Crippen MR) is 97.0 cm³/mol. The predicted octanol–water partition coefficient (Wildman–Crippen LogP) is 3.20. The molecule has 0 saturated carbocycles. The highest BCUT2D eigenvalue weighted by Crippen LogP contribution is 2.45. The molecule has 0 saturated heterocycles. The minimum Gasteiger partial charge on any atom is -0.320 e. The van der Waals surface area contributed by atoms with E-state index in [1.807, 2.05) is 0 Å². The summed E-state index contributed by atoms with van der Waals surface area (Å²) in [6, 6.07) is 9.54. The Labute approximate surface area is 151 Å². The molecule has 0 aromatic heterocycles. The number of rotatable bonds is 5. The van der Waals surface area contributed by atoms with E-state index in [4.69, 9.17) is 0 Å². The fourth-order valence-electron chi connectivity index (χ4n) is 2.73. The molecular formula is C16H18ClF2N3O2S. The lowest BCUT2D eigenvalue weighted by molar-refractivity contribution is 0.577. The van der Waals surface area contributed by atoms with Crippen LogP contribution in [0, 0.1) is 11.6 Å². The molecule has 136 valence electrons. The van der Waals surface area contributed by atoms with Crippen molar-refractivity contribution < 1.29 is 17.2 Å². The maximum absolute atomic E-state index is 14.2. The molecule has 2 aromatic carbocycles. The van der Waals surface area contributed by atoms with Gasteiger partial charge < -0.3 is 5.32 Å². The number of nitrogens with one attached hydrogen (secondary N) is 1. The van der Waals surface area contributed by atoms with E-state index in [0.29, 0.717) is 30.4 Å². The van der Waals surface area contributed by atoms with Gasteiger partial charge in [0, 0.05) is 12.6 Å². The van der Waals surface area contributed by atoms with Crippen LogP contribution in [0.1, 0.15) is 6.42 Å². The summed E-state index contributed by atoms with van der Waals surface area (Å²) in [6.45, 7) is 0.915. The Hall–Kier alpha value is -1.90. The van der Waals surface area contributed by atoms with Crippen molar-refractivity contribution in [1.29, 1.82) is 0 Å². The van der Waals surface area contributed by atoms with Gasteiger partial charge in [0.25, 0.3) is 0 Å². The second-order valence-electron chi connectivity index (χ2n) is 5.39. The minimum absolute atomic E-state index is 0. The van der Waals surface area contributed by atoms with Crippen molar-refractivity contribution in [1.82, 2.24) is 5.32 Å². The zero-order valence-corrected chi connectivity index (χ0v) is 15.1. The van der Waals surface area contributed by atoms with Crippen LogP contribution in [0.3, 0.4) is 0 Å². The summed E-state index contributed by atoms with van der Waals surface area (Å²) in [4.78, 5) is 0. The first-order valence-electron chi connectivity index (χ1n) is 7.48. The summed E-state index contributed by atoms with van der Waals surface area (Å²) in [7, 11) is -2.20. The van der Waals surface area contributed by atoms with Gasteiger partial charge >= 0.3 is 10.2 Å². The van der Waals surface area contributed by atoms with Gasteiger partial charge in [-0.1, -0.05) is 12.1 Å². The summed E-state index contributed by atoms with van der Waals surface area (Å²) in [6.07, 6.45) is 0.601. The Morgan fingerprint density at radius 1 is 1.04 bits per heavy atom. The first-order valence-corrected chi connectivity index (χ1v) is 8.88. The van der Waals surface area contributed by atoms with Crippen molar-refractivity contribution in [2.24, 2.45) is 0 Å². The lowest BCUT2D eigenvalue weighted by Crippen LogP contribution is -2.37. The molecule has 0 atom stereocenters. The Kier molecular flexibility index (Phi) is 5.87. The summed E-state index contributed by atoms with van der Waals surface area (Å²) < 4.78 is 55.5. The largest absolute Gasteiger partial charge is 0.331 e. The smallest absolute Gasteiger partial charge is 0.320 e. The Morgan fingerprint density at radius 3 is 2.36 bits per heavy atom. The van der Waals surface area contributed by atoms with Gasteiger partial charge in [-0.2, -0.15) is 8.42 Å². The van der Waals surface area contributed by atoms with Gasteiger partial charge in [-0.25, -0.2) is 13.1 Å². The molecule has 2 aromatic rings. The molecule has 9 heteroatoms. The Balaban J connectivity index is 0.00000225. The zero-order valence-electron chi connectivity index (χ0n) is 13.4. The summed E-state index contributed by atoms with van der Waals surface area (Å²) in [5, 5.41) is 2.96. The van der Waals surface area contributed by atoms with Crippen LogP contribution in [0.4, 0.5) is 25.8 Å². The first kappa shape index (κ1) is 19.4. The number of halogens is 3. The van der Waals surface area contributed by atoms with Crippen molar-refractivity contribution in [3.63, 3.8) is 0 Å². The van der Waals surface area contributed by atoms with Crippen LogP contribution in [0.2, 0.25) is 0 Å². The minimum atomic E-state index is -3.98. The number of hydrogen-bond donors (Lipinski definition) is 1. The molecule has 1 heterocycles. The molecular weight excluding hydrogens is 372 g/mol. The van der Waals surface area contributed by atoms with Crippen molar-refractivity contribution in [3.8, 4) is 0 Å². The summed E-state index contributed by atoms with van der Waals surface area (Å²) in [5.74, 6) is -1.68. The molecule has 0 aliphatic carbocycles. The van der Waals surface area contributed by atoms with Gasteiger partial charge in [0.2, 0.25) is 0 Å². The quantitative estimate of drug-likeness (QED) is 0.799. The monoisotopic (exact) mass is 389 g/mol. The lowest BCUT2D eigenvalue weighted by atomic mass is 10.2. The highest BCUT2D eigenvalue weighted by atomic mass is 35.5. The van der Waals surface area contributed by atoms with Crippen LogP contribution >= 0.6 is 12.4 Å². The van der Waals surface area contributed by atoms with E-state index in [0.717, 1.165) is 16.4 Å². The van der Waals surface area contributed by atoms with E-state index in [1.54, 1.807) is 31.3 Å². The van der Waals surface area contributed by atoms with E-state index in [-0.39, 0.29) is 24.6 Å². The molecule has 0 amide bonds. The topological polar surface area (TPSA) is 52.6 Å². The van der Waals surface area contributed by atoms with Gasteiger partial charge in [0.1, 0.15) is 5.82 Å². The number of para-hydroxylation sites is 2. The second-order valence-corrected chi connectivity index (χ2v) is 7.09. The van der Waals surface area contributed by atoms with Gasteiger partial charge in [-0.3, -0.25) is 4.31 Å². The summed E-state index contributed by atoms with van der Waals surface area (Å²) >= 11 is 0. The highest BCUT2D eigenvalue weighted by molar-refractivity contribution is 7.95. The van der Waals surface area contributed by atoms with Crippen molar-refractivity contribution >= 4 is 39.7 Å². The van der Waals surface area contributed by atoms with E-state index < -0.39 is 21.8 Å². The molecule has 0 spiro atoms. The zero-order chi connectivity index (χ0) is 17.3. The summed E-state index contributed by atoms with van der Waals surface area (Å²) in [5.41, 5.74) is 0.643. The SMILES string of the molecule is CNCCCN1c2ccccc2N(c2ccc(F)cc2F)S1(=O)=O.Cl. The van der Waals surface area contributed by atoms with Crippen molar-refractivity contribution in [2.45, 2.75) is 6.42 Å². The number of benzene rings is 2. The number of anilines is 3. The maximum Gasteiger partial charge on any atom is 0.331 e. The van der Waals surface area contributed by atoms with Crippen LogP contribution in [0.5, 0.6) is 0 Å². The molecule has 25 heavy (non-hydrogen) atoms. The molecule has 0 unspecified atom stereocenters. The third-order valence-electron chi connectivity index (χ3n) is 3.79. The van der Waals surface area contributed by atoms with Crippen molar-refractivity contribution in [2.75, 3.05) is 28.7 Å². The number of fused-ring (bicyclic) bond motifs is 1. The molecule has 1 aliphatic heterocycles. The second kappa shape index (κ2) is 7.55. The number of nitrogens with zero attached hydrogens (tertiary/aromatic N) is 2. The standard InChI is InChI=1S/C16H17F2N3O2S.ClH/c1-19-9-4-10-20-15-5-2-3-6-16(15)21(24(20,22)23)14-8-7-12(17)11-13(14)18;/h2-3,5-8,11,19H,4,9-10H2,1H3;1H. The van der Waals surface area contributed by atoms with Gasteiger partial charge in [0.15, 0.2) is 5.82 Å². The normalized spacial score (nSPS) is 15.0. The van der Waals surface area contributed by atoms with Crippen LogP contribution in [-0.2, 0) is 10.2 Å². The average molecular weight is 390 g/mol. The van der Waals surface area contributed by atoms with Gasteiger partial charge in [-0.05, 0) is 44.3 Å².